The summed E-state index contributed by atoms with van der Waals surface area (Å²) in [5, 5.41) is 0. The van der Waals surface area contributed by atoms with Gasteiger partial charge in [0.25, 0.3) is 0 Å². The van der Waals surface area contributed by atoms with Crippen LogP contribution in [0.4, 0.5) is 0 Å². The van der Waals surface area contributed by atoms with Crippen molar-refractivity contribution in [3.05, 3.63) is 36.5 Å². The average molecular weight is 250 g/mol. The van der Waals surface area contributed by atoms with E-state index >= 15 is 0 Å². The van der Waals surface area contributed by atoms with Crippen LogP contribution in [0.5, 0.6) is 0 Å². The highest BCUT2D eigenvalue weighted by molar-refractivity contribution is 5.65. The molecule has 102 valence electrons. The zero-order valence-corrected chi connectivity index (χ0v) is 11.7. The van der Waals surface area contributed by atoms with Crippen molar-refractivity contribution in [2.75, 3.05) is 6.61 Å². The third-order valence-corrected chi connectivity index (χ3v) is 2.34. The van der Waals surface area contributed by atoms with E-state index in [1.54, 1.807) is 0 Å². The highest BCUT2D eigenvalue weighted by Gasteiger charge is 1.88. The van der Waals surface area contributed by atoms with Gasteiger partial charge in [-0.2, -0.15) is 0 Å². The Morgan fingerprint density at radius 3 is 2.22 bits per heavy atom. The van der Waals surface area contributed by atoms with Gasteiger partial charge in [0, 0.05) is 6.92 Å². The number of ether oxygens (including phenoxy) is 1. The number of allylic oxidation sites excluding steroid dienone is 5. The van der Waals surface area contributed by atoms with Crippen molar-refractivity contribution in [3.63, 3.8) is 0 Å². The molecule has 2 nitrogen and oxygen atoms in total. The standard InChI is InChI=1S/C16H26O2/c1-3-4-5-6-7-8-9-10-11-12-13-14-15-18-16(2)17/h4-5,7-8,12-13H,3,6,9-11,14-15H2,1-2H3/b5-4?,8-7-,13-12-. The monoisotopic (exact) mass is 250 g/mol. The van der Waals surface area contributed by atoms with E-state index in [9.17, 15) is 4.79 Å². The Kier molecular flexibility index (Phi) is 12.8. The van der Waals surface area contributed by atoms with Crippen molar-refractivity contribution >= 4 is 5.97 Å². The van der Waals surface area contributed by atoms with Gasteiger partial charge in [0.05, 0.1) is 6.61 Å². The minimum atomic E-state index is -0.203. The molecule has 0 aromatic heterocycles. The first-order valence-corrected chi connectivity index (χ1v) is 6.85. The lowest BCUT2D eigenvalue weighted by Gasteiger charge is -1.96. The Bertz CT molecular complexity index is 275. The number of rotatable bonds is 10. The molecule has 0 unspecified atom stereocenters. The fourth-order valence-electron chi connectivity index (χ4n) is 1.42. The van der Waals surface area contributed by atoms with Crippen LogP contribution in [-0.4, -0.2) is 12.6 Å². The van der Waals surface area contributed by atoms with E-state index in [-0.39, 0.29) is 5.97 Å². The molecular weight excluding hydrogens is 224 g/mol. The summed E-state index contributed by atoms with van der Waals surface area (Å²) in [6.07, 6.45) is 19.5. The van der Waals surface area contributed by atoms with Gasteiger partial charge in [0.1, 0.15) is 0 Å². The van der Waals surface area contributed by atoms with Gasteiger partial charge in [-0.15, -0.1) is 0 Å². The summed E-state index contributed by atoms with van der Waals surface area (Å²) in [5.41, 5.74) is 0. The lowest BCUT2D eigenvalue weighted by Crippen LogP contribution is -1.98. The lowest BCUT2D eigenvalue weighted by atomic mass is 10.2. The van der Waals surface area contributed by atoms with Crippen molar-refractivity contribution in [2.24, 2.45) is 0 Å². The number of esters is 1. The van der Waals surface area contributed by atoms with Crippen molar-refractivity contribution in [1.82, 2.24) is 0 Å². The normalized spacial score (nSPS) is 11.9. The van der Waals surface area contributed by atoms with Gasteiger partial charge < -0.3 is 4.74 Å². The van der Waals surface area contributed by atoms with Crippen LogP contribution in [0.2, 0.25) is 0 Å². The van der Waals surface area contributed by atoms with Gasteiger partial charge in [0.2, 0.25) is 0 Å². The first-order chi connectivity index (χ1) is 8.77. The Morgan fingerprint density at radius 2 is 1.56 bits per heavy atom. The summed E-state index contributed by atoms with van der Waals surface area (Å²) in [7, 11) is 0. The van der Waals surface area contributed by atoms with Crippen molar-refractivity contribution in [3.8, 4) is 0 Å². The van der Waals surface area contributed by atoms with E-state index in [0.717, 1.165) is 32.1 Å². The largest absolute Gasteiger partial charge is 0.466 e. The predicted molar refractivity (Wildman–Crippen MR) is 77.4 cm³/mol. The SMILES string of the molecule is CCC=CC/C=C\CCC/C=C\CCOC(C)=O. The Morgan fingerprint density at radius 1 is 0.944 bits per heavy atom. The maximum atomic E-state index is 10.5. The molecule has 0 saturated carbocycles. The predicted octanol–water partition coefficient (Wildman–Crippen LogP) is 4.58. The fraction of sp³-hybridized carbons (Fsp3) is 0.562. The first kappa shape index (κ1) is 16.7. The van der Waals surface area contributed by atoms with Gasteiger partial charge in [-0.05, 0) is 38.5 Å². The summed E-state index contributed by atoms with van der Waals surface area (Å²) in [4.78, 5) is 10.5. The molecule has 0 radical (unpaired) electrons. The van der Waals surface area contributed by atoms with E-state index < -0.39 is 0 Å². The van der Waals surface area contributed by atoms with E-state index in [2.05, 4.69) is 43.4 Å². The molecule has 0 aromatic carbocycles. The molecule has 2 heteroatoms. The molecule has 0 amide bonds. The second-order valence-electron chi connectivity index (χ2n) is 4.12. The molecule has 0 atom stereocenters. The zero-order valence-electron chi connectivity index (χ0n) is 11.7. The third-order valence-electron chi connectivity index (χ3n) is 2.34. The zero-order chi connectivity index (χ0) is 13.5. The van der Waals surface area contributed by atoms with Crippen LogP contribution in [0.15, 0.2) is 36.5 Å². The van der Waals surface area contributed by atoms with Gasteiger partial charge in [-0.3, -0.25) is 4.79 Å². The van der Waals surface area contributed by atoms with Crippen LogP contribution in [0.3, 0.4) is 0 Å². The van der Waals surface area contributed by atoms with Crippen LogP contribution < -0.4 is 0 Å². The Balaban J connectivity index is 3.26. The maximum Gasteiger partial charge on any atom is 0.302 e. The summed E-state index contributed by atoms with van der Waals surface area (Å²) in [6.45, 7) is 4.08. The van der Waals surface area contributed by atoms with Gasteiger partial charge >= 0.3 is 5.97 Å². The lowest BCUT2D eigenvalue weighted by molar-refractivity contribution is -0.140. The molecule has 0 spiro atoms. The summed E-state index contributed by atoms with van der Waals surface area (Å²) in [6, 6.07) is 0. The molecule has 0 heterocycles. The molecule has 0 bridgehead atoms. The molecule has 0 rings (SSSR count). The van der Waals surface area contributed by atoms with E-state index in [0.29, 0.717) is 6.61 Å². The molecule has 0 aliphatic carbocycles. The van der Waals surface area contributed by atoms with E-state index in [4.69, 9.17) is 4.74 Å². The highest BCUT2D eigenvalue weighted by Crippen LogP contribution is 2.00. The minimum Gasteiger partial charge on any atom is -0.466 e. The summed E-state index contributed by atoms with van der Waals surface area (Å²) in [5.74, 6) is -0.203. The van der Waals surface area contributed by atoms with E-state index in [1.807, 2.05) is 0 Å². The number of carbonyl (C=O) groups is 1. The third kappa shape index (κ3) is 14.7. The first-order valence-electron chi connectivity index (χ1n) is 6.85. The van der Waals surface area contributed by atoms with E-state index in [1.165, 1.54) is 13.3 Å². The molecule has 0 fully saturated rings. The molecule has 18 heavy (non-hydrogen) atoms. The van der Waals surface area contributed by atoms with Crippen LogP contribution in [0.25, 0.3) is 0 Å². The number of hydrogen-bond acceptors (Lipinski definition) is 2. The Hall–Kier alpha value is -1.31. The number of unbranched alkanes of at least 4 members (excludes halogenated alkanes) is 2. The van der Waals surface area contributed by atoms with Crippen LogP contribution in [0, 0.1) is 0 Å². The van der Waals surface area contributed by atoms with Crippen molar-refractivity contribution < 1.29 is 9.53 Å². The summed E-state index contributed by atoms with van der Waals surface area (Å²) >= 11 is 0. The topological polar surface area (TPSA) is 26.3 Å². The highest BCUT2D eigenvalue weighted by atomic mass is 16.5. The van der Waals surface area contributed by atoms with Crippen LogP contribution in [-0.2, 0) is 9.53 Å². The van der Waals surface area contributed by atoms with Gasteiger partial charge in [-0.25, -0.2) is 0 Å². The number of hydrogen-bond donors (Lipinski definition) is 0. The smallest absolute Gasteiger partial charge is 0.302 e. The average Bonchev–Trinajstić information content (AvgIpc) is 2.34. The van der Waals surface area contributed by atoms with Crippen molar-refractivity contribution in [2.45, 2.75) is 52.4 Å². The van der Waals surface area contributed by atoms with Gasteiger partial charge in [-0.1, -0.05) is 43.4 Å². The Labute approximate surface area is 111 Å². The van der Waals surface area contributed by atoms with Gasteiger partial charge in [0.15, 0.2) is 0 Å². The number of carbonyl (C=O) groups excluding carboxylic acids is 1. The minimum absolute atomic E-state index is 0.203. The molecule has 0 aliphatic rings. The molecule has 0 aliphatic heterocycles. The molecule has 0 aromatic rings. The maximum absolute atomic E-state index is 10.5. The fourth-order valence-corrected chi connectivity index (χ4v) is 1.42. The second-order valence-corrected chi connectivity index (χ2v) is 4.12. The molecule has 0 saturated heterocycles. The quantitative estimate of drug-likeness (QED) is 0.322. The molecule has 0 N–H and O–H groups in total. The summed E-state index contributed by atoms with van der Waals surface area (Å²) < 4.78 is 4.83. The van der Waals surface area contributed by atoms with Crippen LogP contribution >= 0.6 is 0 Å². The van der Waals surface area contributed by atoms with Crippen molar-refractivity contribution in [1.29, 1.82) is 0 Å². The van der Waals surface area contributed by atoms with Crippen LogP contribution in [0.1, 0.15) is 52.4 Å². The molecular formula is C16H26O2. The second kappa shape index (κ2) is 13.8.